The Hall–Kier alpha value is -2.34. The molecule has 118 valence electrons. The average molecular weight is 303 g/mol. The van der Waals surface area contributed by atoms with Crippen molar-refractivity contribution in [3.8, 4) is 5.75 Å². The molecule has 0 aliphatic heterocycles. The summed E-state index contributed by atoms with van der Waals surface area (Å²) >= 11 is 0. The Kier molecular flexibility index (Phi) is 5.16. The van der Waals surface area contributed by atoms with Crippen LogP contribution in [0.2, 0.25) is 0 Å². The first-order valence-electron chi connectivity index (χ1n) is 7.07. The summed E-state index contributed by atoms with van der Waals surface area (Å²) in [5.74, 6) is 1.02. The van der Waals surface area contributed by atoms with Crippen molar-refractivity contribution in [2.45, 2.75) is 19.9 Å². The highest BCUT2D eigenvalue weighted by atomic mass is 16.5. The molecule has 1 atom stereocenters. The van der Waals surface area contributed by atoms with Crippen molar-refractivity contribution in [3.05, 3.63) is 41.6 Å². The molecule has 1 unspecified atom stereocenters. The van der Waals surface area contributed by atoms with Gasteiger partial charge in [0.05, 0.1) is 19.3 Å². The molecule has 2 aromatic rings. The van der Waals surface area contributed by atoms with E-state index in [0.29, 0.717) is 5.88 Å². The van der Waals surface area contributed by atoms with E-state index in [9.17, 15) is 4.79 Å². The van der Waals surface area contributed by atoms with Crippen LogP contribution in [0, 0.1) is 6.92 Å². The van der Waals surface area contributed by atoms with Crippen LogP contribution >= 0.6 is 0 Å². The summed E-state index contributed by atoms with van der Waals surface area (Å²) in [5, 5.41) is 6.42. The molecule has 1 aromatic carbocycles. The number of aromatic nitrogens is 1. The van der Waals surface area contributed by atoms with Crippen molar-refractivity contribution >= 4 is 11.8 Å². The number of methoxy groups -OCH3 is 1. The Labute approximate surface area is 130 Å². The molecule has 1 amide bonds. The van der Waals surface area contributed by atoms with Crippen LogP contribution in [0.25, 0.3) is 0 Å². The maximum Gasteiger partial charge on any atom is 0.240 e. The lowest BCUT2D eigenvalue weighted by molar-refractivity contribution is -0.117. The first-order valence-corrected chi connectivity index (χ1v) is 7.07. The van der Waals surface area contributed by atoms with E-state index >= 15 is 0 Å². The quantitative estimate of drug-likeness (QED) is 0.888. The number of nitrogens with one attached hydrogen (secondary N) is 1. The second kappa shape index (κ2) is 7.09. The minimum absolute atomic E-state index is 0.0402. The van der Waals surface area contributed by atoms with Gasteiger partial charge in [0.1, 0.15) is 5.75 Å². The molecule has 0 fully saturated rings. The number of carbonyl (C=O) groups excluding carboxylic acids is 1. The van der Waals surface area contributed by atoms with Crippen LogP contribution in [0.4, 0.5) is 5.88 Å². The third kappa shape index (κ3) is 3.85. The van der Waals surface area contributed by atoms with E-state index in [1.165, 1.54) is 0 Å². The lowest BCUT2D eigenvalue weighted by Crippen LogP contribution is -2.32. The fraction of sp³-hybridized carbons (Fsp3) is 0.375. The molecule has 0 bridgehead atoms. The molecule has 1 heterocycles. The minimum atomic E-state index is -0.152. The second-order valence-electron chi connectivity index (χ2n) is 5.21. The zero-order chi connectivity index (χ0) is 16.1. The molecule has 6 nitrogen and oxygen atoms in total. The largest absolute Gasteiger partial charge is 0.496 e. The number of nitrogens with zero attached hydrogens (tertiary/aromatic N) is 2. The fourth-order valence-electron chi connectivity index (χ4n) is 2.21. The molecule has 0 saturated carbocycles. The van der Waals surface area contributed by atoms with E-state index in [1.54, 1.807) is 20.1 Å². The van der Waals surface area contributed by atoms with Crippen LogP contribution in [-0.4, -0.2) is 36.7 Å². The molecular weight excluding hydrogens is 282 g/mol. The van der Waals surface area contributed by atoms with Crippen LogP contribution < -0.4 is 10.1 Å². The van der Waals surface area contributed by atoms with Gasteiger partial charge in [0.15, 0.2) is 0 Å². The molecule has 1 aromatic heterocycles. The molecule has 0 aliphatic carbocycles. The highest BCUT2D eigenvalue weighted by Gasteiger charge is 2.18. The Morgan fingerprint density at radius 1 is 1.45 bits per heavy atom. The third-order valence-corrected chi connectivity index (χ3v) is 3.53. The lowest BCUT2D eigenvalue weighted by Gasteiger charge is -2.25. The molecule has 0 radical (unpaired) electrons. The normalized spacial score (nSPS) is 12.2. The van der Waals surface area contributed by atoms with Gasteiger partial charge in [0, 0.05) is 17.7 Å². The number of anilines is 1. The molecule has 22 heavy (non-hydrogen) atoms. The number of aryl methyl sites for hydroxylation is 1. The van der Waals surface area contributed by atoms with E-state index in [4.69, 9.17) is 9.26 Å². The highest BCUT2D eigenvalue weighted by Crippen LogP contribution is 2.27. The van der Waals surface area contributed by atoms with E-state index in [0.717, 1.165) is 17.0 Å². The summed E-state index contributed by atoms with van der Waals surface area (Å²) in [5.41, 5.74) is 1.77. The van der Waals surface area contributed by atoms with Gasteiger partial charge in [-0.3, -0.25) is 15.0 Å². The summed E-state index contributed by atoms with van der Waals surface area (Å²) < 4.78 is 10.3. The number of benzene rings is 1. The van der Waals surface area contributed by atoms with Gasteiger partial charge in [-0.2, -0.15) is 0 Å². The Morgan fingerprint density at radius 3 is 2.82 bits per heavy atom. The zero-order valence-electron chi connectivity index (χ0n) is 13.3. The van der Waals surface area contributed by atoms with Gasteiger partial charge in [0.2, 0.25) is 11.8 Å². The minimum Gasteiger partial charge on any atom is -0.496 e. The smallest absolute Gasteiger partial charge is 0.240 e. The number of para-hydroxylation sites is 1. The summed E-state index contributed by atoms with van der Waals surface area (Å²) in [6, 6.07) is 9.52. The predicted molar refractivity (Wildman–Crippen MR) is 83.9 cm³/mol. The second-order valence-corrected chi connectivity index (χ2v) is 5.21. The van der Waals surface area contributed by atoms with Crippen molar-refractivity contribution in [1.29, 1.82) is 0 Å². The zero-order valence-corrected chi connectivity index (χ0v) is 13.3. The predicted octanol–water partition coefficient (Wildman–Crippen LogP) is 2.62. The summed E-state index contributed by atoms with van der Waals surface area (Å²) in [7, 11) is 3.53. The number of rotatable bonds is 6. The third-order valence-electron chi connectivity index (χ3n) is 3.53. The number of carbonyl (C=O) groups is 1. The molecular formula is C16H21N3O3. The van der Waals surface area contributed by atoms with E-state index < -0.39 is 0 Å². The summed E-state index contributed by atoms with van der Waals surface area (Å²) in [6.07, 6.45) is 0. The van der Waals surface area contributed by atoms with Crippen LogP contribution in [0.3, 0.4) is 0 Å². The summed E-state index contributed by atoms with van der Waals surface area (Å²) in [6.45, 7) is 4.07. The molecule has 6 heteroatoms. The van der Waals surface area contributed by atoms with Gasteiger partial charge in [-0.15, -0.1) is 0 Å². The number of likely N-dealkylation sites (N-methyl/N-ethyl adjacent to an activating group) is 1. The van der Waals surface area contributed by atoms with E-state index in [-0.39, 0.29) is 18.5 Å². The van der Waals surface area contributed by atoms with Crippen LogP contribution in [0.15, 0.2) is 34.9 Å². The van der Waals surface area contributed by atoms with Gasteiger partial charge in [-0.05, 0) is 27.0 Å². The lowest BCUT2D eigenvalue weighted by atomic mass is 10.1. The van der Waals surface area contributed by atoms with Gasteiger partial charge in [0.25, 0.3) is 0 Å². The van der Waals surface area contributed by atoms with Crippen LogP contribution in [0.5, 0.6) is 5.75 Å². The van der Waals surface area contributed by atoms with Crippen molar-refractivity contribution < 1.29 is 14.1 Å². The molecule has 0 saturated heterocycles. The van der Waals surface area contributed by atoms with Gasteiger partial charge < -0.3 is 9.26 Å². The molecule has 0 aliphatic rings. The SMILES string of the molecule is COc1ccccc1C(C)N(C)CC(=O)Nc1cc(C)no1. The first kappa shape index (κ1) is 16.0. The van der Waals surface area contributed by atoms with Crippen molar-refractivity contribution in [2.75, 3.05) is 26.0 Å². The Morgan fingerprint density at radius 2 is 2.18 bits per heavy atom. The average Bonchev–Trinajstić information content (AvgIpc) is 2.91. The molecule has 1 N–H and O–H groups in total. The molecule has 0 spiro atoms. The maximum absolute atomic E-state index is 12.1. The van der Waals surface area contributed by atoms with Crippen molar-refractivity contribution in [2.24, 2.45) is 0 Å². The number of hydrogen-bond acceptors (Lipinski definition) is 5. The summed E-state index contributed by atoms with van der Waals surface area (Å²) in [4.78, 5) is 14.0. The number of ether oxygens (including phenoxy) is 1. The monoisotopic (exact) mass is 303 g/mol. The Balaban J connectivity index is 1.98. The van der Waals surface area contributed by atoms with Gasteiger partial charge in [-0.25, -0.2) is 0 Å². The number of hydrogen-bond donors (Lipinski definition) is 1. The van der Waals surface area contributed by atoms with Crippen LogP contribution in [0.1, 0.15) is 24.2 Å². The van der Waals surface area contributed by atoms with Crippen LogP contribution in [-0.2, 0) is 4.79 Å². The first-order chi connectivity index (χ1) is 10.5. The van der Waals surface area contributed by atoms with Gasteiger partial charge >= 0.3 is 0 Å². The van der Waals surface area contributed by atoms with Gasteiger partial charge in [-0.1, -0.05) is 23.4 Å². The Bertz CT molecular complexity index is 639. The molecule has 2 rings (SSSR count). The maximum atomic E-state index is 12.1. The fourth-order valence-corrected chi connectivity index (χ4v) is 2.21. The number of amides is 1. The topological polar surface area (TPSA) is 67.6 Å². The van der Waals surface area contributed by atoms with E-state index in [1.807, 2.05) is 43.1 Å². The van der Waals surface area contributed by atoms with Crippen molar-refractivity contribution in [3.63, 3.8) is 0 Å². The highest BCUT2D eigenvalue weighted by molar-refractivity contribution is 5.90. The van der Waals surface area contributed by atoms with Crippen molar-refractivity contribution in [1.82, 2.24) is 10.1 Å². The van der Waals surface area contributed by atoms with E-state index in [2.05, 4.69) is 10.5 Å². The standard InChI is InChI=1S/C16H21N3O3/c1-11-9-16(22-18-11)17-15(20)10-19(3)12(2)13-7-5-6-8-14(13)21-4/h5-9,12H,10H2,1-4H3,(H,17,20).